The van der Waals surface area contributed by atoms with Crippen LogP contribution in [0, 0.1) is 0 Å². The zero-order valence-corrected chi connectivity index (χ0v) is 37.0. The van der Waals surface area contributed by atoms with E-state index in [1.54, 1.807) is 0 Å². The molecule has 0 fully saturated rings. The number of carbonyl (C=O) groups excluding carboxylic acids is 5. The Kier molecular flexibility index (Phi) is 38.1. The highest BCUT2D eigenvalue weighted by atomic mass is 16.5. The zero-order chi connectivity index (χ0) is 46.1. The number of carboxylic acids is 3. The van der Waals surface area contributed by atoms with Crippen molar-refractivity contribution in [3.05, 3.63) is 0 Å². The van der Waals surface area contributed by atoms with Crippen molar-refractivity contribution in [3.8, 4) is 0 Å². The molecule has 19 heteroatoms. The molecule has 7 N–H and O–H groups in total. The Morgan fingerprint density at radius 3 is 1.21 bits per heavy atom. The fourth-order valence-corrected chi connectivity index (χ4v) is 6.11. The van der Waals surface area contributed by atoms with Crippen LogP contribution in [-0.4, -0.2) is 141 Å². The first-order chi connectivity index (χ1) is 29.8. The van der Waals surface area contributed by atoms with Gasteiger partial charge in [-0.05, 0) is 32.6 Å². The van der Waals surface area contributed by atoms with E-state index >= 15 is 0 Å². The molecule has 0 aromatic carbocycles. The highest BCUT2D eigenvalue weighted by molar-refractivity contribution is 5.85. The maximum Gasteiger partial charge on any atom is 0.326 e. The van der Waals surface area contributed by atoms with Gasteiger partial charge in [-0.1, -0.05) is 89.9 Å². The van der Waals surface area contributed by atoms with Crippen LogP contribution in [-0.2, 0) is 57.3 Å². The third kappa shape index (κ3) is 39.9. The zero-order valence-electron chi connectivity index (χ0n) is 37.0. The number of rotatable bonds is 45. The molecule has 0 radical (unpaired) electrons. The highest BCUT2D eigenvalue weighted by Crippen LogP contribution is 2.14. The second kappa shape index (κ2) is 40.8. The predicted molar refractivity (Wildman–Crippen MR) is 228 cm³/mol. The smallest absolute Gasteiger partial charge is 0.326 e. The summed E-state index contributed by atoms with van der Waals surface area (Å²) < 4.78 is 21.1. The monoisotopic (exact) mass is 889 g/mol. The molecule has 19 nitrogen and oxygen atoms in total. The van der Waals surface area contributed by atoms with E-state index in [1.807, 2.05) is 0 Å². The van der Waals surface area contributed by atoms with Crippen LogP contribution in [0.25, 0.3) is 0 Å². The molecule has 0 spiro atoms. The van der Waals surface area contributed by atoms with Gasteiger partial charge in [0, 0.05) is 38.8 Å². The Morgan fingerprint density at radius 2 is 0.774 bits per heavy atom. The Bertz CT molecular complexity index is 1270. The van der Waals surface area contributed by atoms with Gasteiger partial charge in [0.15, 0.2) is 0 Å². The molecule has 0 aromatic rings. The molecule has 0 saturated heterocycles. The van der Waals surface area contributed by atoms with Crippen LogP contribution in [0.4, 0.5) is 0 Å². The van der Waals surface area contributed by atoms with Crippen molar-refractivity contribution in [2.45, 2.75) is 160 Å². The van der Waals surface area contributed by atoms with Gasteiger partial charge in [-0.3, -0.25) is 24.0 Å². The highest BCUT2D eigenvalue weighted by Gasteiger charge is 2.21. The van der Waals surface area contributed by atoms with Gasteiger partial charge in [-0.2, -0.15) is 0 Å². The molecule has 0 heterocycles. The largest absolute Gasteiger partial charge is 0.481 e. The normalized spacial score (nSPS) is 12.0. The van der Waals surface area contributed by atoms with Gasteiger partial charge in [-0.25, -0.2) is 9.59 Å². The van der Waals surface area contributed by atoms with E-state index in [1.165, 1.54) is 64.7 Å². The molecular formula is C43H76N4O15. The van der Waals surface area contributed by atoms with E-state index in [4.69, 9.17) is 29.2 Å². The van der Waals surface area contributed by atoms with Gasteiger partial charge in [0.2, 0.25) is 23.6 Å². The van der Waals surface area contributed by atoms with Crippen LogP contribution in [0.2, 0.25) is 0 Å². The summed E-state index contributed by atoms with van der Waals surface area (Å²) in [5, 5.41) is 37.4. The molecular weight excluding hydrogens is 812 g/mol. The maximum atomic E-state index is 12.3. The predicted octanol–water partition coefficient (Wildman–Crippen LogP) is 3.68. The van der Waals surface area contributed by atoms with Gasteiger partial charge in [-0.15, -0.1) is 0 Å². The number of aliphatic carboxylic acids is 3. The summed E-state index contributed by atoms with van der Waals surface area (Å²) in [6.45, 7) is 2.04. The van der Waals surface area contributed by atoms with E-state index in [9.17, 15) is 43.5 Å². The lowest BCUT2D eigenvalue weighted by molar-refractivity contribution is -0.143. The molecule has 0 bridgehead atoms. The third-order valence-corrected chi connectivity index (χ3v) is 9.60. The Hall–Kier alpha value is -4.20. The summed E-state index contributed by atoms with van der Waals surface area (Å²) in [5.41, 5.74) is 0. The standard InChI is InChI=1S/C43H76N4O15/c1-34(48)20-21-35(42(55)56)47-40(52)33-62-31-29-60-27-25-45-39(51)32-61-30-28-59-26-24-44-37(49)23-22-36(43(57)58)46-38(50)18-16-14-12-10-8-6-4-2-3-5-7-9-11-13-15-17-19-41(53)54/h35-36H,2-33H2,1H3,(H,44,49)(H,45,51)(H,46,50)(H,47,52)(H,53,54)(H,55,56)(H,57,58). The minimum atomic E-state index is -1.24. The van der Waals surface area contributed by atoms with Crippen LogP contribution < -0.4 is 21.3 Å². The van der Waals surface area contributed by atoms with Crippen molar-refractivity contribution < 1.29 is 72.6 Å². The molecule has 62 heavy (non-hydrogen) atoms. The van der Waals surface area contributed by atoms with Crippen LogP contribution >= 0.6 is 0 Å². The summed E-state index contributed by atoms with van der Waals surface area (Å²) in [5.74, 6) is -5.01. The summed E-state index contributed by atoms with van der Waals surface area (Å²) >= 11 is 0. The van der Waals surface area contributed by atoms with Crippen molar-refractivity contribution in [2.24, 2.45) is 0 Å². The van der Waals surface area contributed by atoms with Crippen molar-refractivity contribution in [1.29, 1.82) is 0 Å². The molecule has 0 aliphatic heterocycles. The molecule has 0 aromatic heterocycles. The average Bonchev–Trinajstić information content (AvgIpc) is 3.21. The number of ether oxygens (including phenoxy) is 4. The molecule has 4 amide bonds. The van der Waals surface area contributed by atoms with E-state index in [2.05, 4.69) is 21.3 Å². The first-order valence-corrected chi connectivity index (χ1v) is 22.4. The molecule has 2 atom stereocenters. The van der Waals surface area contributed by atoms with Gasteiger partial charge < -0.3 is 60.3 Å². The van der Waals surface area contributed by atoms with Crippen LogP contribution in [0.15, 0.2) is 0 Å². The number of amides is 4. The van der Waals surface area contributed by atoms with E-state index in [0.29, 0.717) is 6.42 Å². The van der Waals surface area contributed by atoms with Gasteiger partial charge >= 0.3 is 17.9 Å². The molecule has 0 rings (SSSR count). The third-order valence-electron chi connectivity index (χ3n) is 9.60. The van der Waals surface area contributed by atoms with E-state index in [-0.39, 0.29) is 128 Å². The SMILES string of the molecule is CC(=O)CCC(NC(=O)COCCOCCNC(=O)COCCOCCNC(=O)CCC(NC(=O)CCCCCCCCCCCCCCCCCCC(=O)O)C(=O)O)C(=O)O. The van der Waals surface area contributed by atoms with Crippen LogP contribution in [0.3, 0.4) is 0 Å². The van der Waals surface area contributed by atoms with Crippen molar-refractivity contribution >= 4 is 47.3 Å². The van der Waals surface area contributed by atoms with Crippen molar-refractivity contribution in [2.75, 3.05) is 65.9 Å². The van der Waals surface area contributed by atoms with Gasteiger partial charge in [0.1, 0.15) is 31.1 Å². The van der Waals surface area contributed by atoms with Gasteiger partial charge in [0.05, 0.1) is 39.6 Å². The minimum Gasteiger partial charge on any atom is -0.481 e. The molecule has 0 saturated carbocycles. The van der Waals surface area contributed by atoms with Crippen molar-refractivity contribution in [1.82, 2.24) is 21.3 Å². The Morgan fingerprint density at radius 1 is 0.403 bits per heavy atom. The second-order valence-corrected chi connectivity index (χ2v) is 15.3. The first kappa shape index (κ1) is 57.8. The van der Waals surface area contributed by atoms with E-state index < -0.39 is 35.9 Å². The number of unbranched alkanes of at least 4 members (excludes halogenated alkanes) is 15. The summed E-state index contributed by atoms with van der Waals surface area (Å²) in [6.07, 6.45) is 18.2. The fourth-order valence-electron chi connectivity index (χ4n) is 6.11. The second-order valence-electron chi connectivity index (χ2n) is 15.3. The first-order valence-electron chi connectivity index (χ1n) is 22.4. The lowest BCUT2D eigenvalue weighted by atomic mass is 10.0. The number of hydrogen-bond donors (Lipinski definition) is 7. The maximum absolute atomic E-state index is 12.3. The Balaban J connectivity index is 3.70. The molecule has 0 aliphatic rings. The van der Waals surface area contributed by atoms with Crippen LogP contribution in [0.5, 0.6) is 0 Å². The minimum absolute atomic E-state index is 0.00823. The summed E-state index contributed by atoms with van der Waals surface area (Å²) in [4.78, 5) is 92.7. The molecule has 0 aliphatic carbocycles. The van der Waals surface area contributed by atoms with Crippen molar-refractivity contribution in [3.63, 3.8) is 0 Å². The number of nitrogens with one attached hydrogen (secondary N) is 4. The number of Topliss-reactive ketones (excluding diaryl/α,β-unsaturated/α-hetero) is 1. The number of carbonyl (C=O) groups is 8. The summed E-state index contributed by atoms with van der Waals surface area (Å²) in [7, 11) is 0. The average molecular weight is 889 g/mol. The van der Waals surface area contributed by atoms with E-state index in [0.717, 1.165) is 38.5 Å². The molecule has 358 valence electrons. The lowest BCUT2D eigenvalue weighted by Gasteiger charge is -2.14. The molecule has 2 unspecified atom stereocenters. The fraction of sp³-hybridized carbons (Fsp3) is 0.814. The topological polar surface area (TPSA) is 282 Å². The number of carboxylic acid groups (broad SMARTS) is 3. The number of ketones is 1. The summed E-state index contributed by atoms with van der Waals surface area (Å²) in [6, 6.07) is -2.33. The number of hydrogen-bond acceptors (Lipinski definition) is 12. The van der Waals surface area contributed by atoms with Crippen LogP contribution in [0.1, 0.15) is 148 Å². The lowest BCUT2D eigenvalue weighted by Crippen LogP contribution is -2.42. The Labute approximate surface area is 366 Å². The van der Waals surface area contributed by atoms with Gasteiger partial charge in [0.25, 0.3) is 0 Å². The quantitative estimate of drug-likeness (QED) is 0.0430.